The normalized spacial score (nSPS) is 14.3. The summed E-state index contributed by atoms with van der Waals surface area (Å²) in [5.74, 6) is -1.88. The fraction of sp³-hybridized carbons (Fsp3) is 0.385. The molecule has 118 valence electrons. The molecule has 0 unspecified atom stereocenters. The van der Waals surface area contributed by atoms with Gasteiger partial charge in [0.25, 0.3) is 0 Å². The Hall–Kier alpha value is -1.84. The molecule has 0 aliphatic heterocycles. The van der Waals surface area contributed by atoms with Gasteiger partial charge in [-0.05, 0) is 12.1 Å². The van der Waals surface area contributed by atoms with Gasteiger partial charge in [0.1, 0.15) is 24.9 Å². The molecular formula is C13H18O8. The summed E-state index contributed by atoms with van der Waals surface area (Å²) in [5, 5.41) is 51.4. The average molecular weight is 302 g/mol. The lowest BCUT2D eigenvalue weighted by atomic mass is 10.1. The van der Waals surface area contributed by atoms with Gasteiger partial charge >= 0.3 is 5.97 Å². The van der Waals surface area contributed by atoms with Crippen LogP contribution in [0, 0.1) is 0 Å². The Bertz CT molecular complexity index is 433. The van der Waals surface area contributed by atoms with Gasteiger partial charge < -0.3 is 30.6 Å². The van der Waals surface area contributed by atoms with Gasteiger partial charge in [0, 0.05) is 0 Å². The second-order valence-corrected chi connectivity index (χ2v) is 3.98. The molecule has 0 amide bonds. The summed E-state index contributed by atoms with van der Waals surface area (Å²) in [5.41, 5.74) is 0.331. The smallest absolute Gasteiger partial charge is 0.335 e. The first-order chi connectivity index (χ1) is 9.84. The van der Waals surface area contributed by atoms with E-state index in [2.05, 4.69) is 0 Å². The van der Waals surface area contributed by atoms with Gasteiger partial charge in [0.2, 0.25) is 0 Å². The first-order valence-electron chi connectivity index (χ1n) is 5.92. The van der Waals surface area contributed by atoms with Crippen LogP contribution in [0.5, 0.6) is 0 Å². The Morgan fingerprint density at radius 1 is 1.00 bits per heavy atom. The monoisotopic (exact) mass is 302 g/mol. The standard InChI is InChI=1S/C7H6O2.C6H12O6/c8-7(9)6-4-2-1-3-5-6;7-1-3(9)5(11)6(12)4(10)2-8/h1-5H,(H,8,9);3,5-9,11-12H,1-2H2/t;3-,5+,6+/m.1/s1. The quantitative estimate of drug-likeness (QED) is 0.353. The Morgan fingerprint density at radius 3 is 1.86 bits per heavy atom. The summed E-state index contributed by atoms with van der Waals surface area (Å²) in [7, 11) is 0. The van der Waals surface area contributed by atoms with Gasteiger partial charge in [0.15, 0.2) is 5.78 Å². The fourth-order valence-electron chi connectivity index (χ4n) is 1.18. The Labute approximate surface area is 120 Å². The molecule has 6 N–H and O–H groups in total. The number of carboxylic acids is 1. The number of aliphatic hydroxyl groups excluding tert-OH is 5. The number of Topliss-reactive ketones (excluding diaryl/α,β-unsaturated/α-hetero) is 1. The zero-order valence-corrected chi connectivity index (χ0v) is 11.0. The molecule has 0 saturated carbocycles. The van der Waals surface area contributed by atoms with Gasteiger partial charge in [-0.15, -0.1) is 0 Å². The van der Waals surface area contributed by atoms with Gasteiger partial charge in [0.05, 0.1) is 12.2 Å². The lowest BCUT2D eigenvalue weighted by molar-refractivity contribution is -0.142. The second-order valence-electron chi connectivity index (χ2n) is 3.98. The maximum Gasteiger partial charge on any atom is 0.335 e. The molecule has 0 aromatic heterocycles. The van der Waals surface area contributed by atoms with E-state index in [1.165, 1.54) is 0 Å². The number of carbonyl (C=O) groups is 2. The lowest BCUT2D eigenvalue weighted by Crippen LogP contribution is -2.44. The van der Waals surface area contributed by atoms with Crippen LogP contribution in [-0.4, -0.2) is 73.9 Å². The van der Waals surface area contributed by atoms with Crippen LogP contribution in [0.1, 0.15) is 10.4 Å². The van der Waals surface area contributed by atoms with Crippen LogP contribution in [0.25, 0.3) is 0 Å². The molecule has 1 aromatic rings. The van der Waals surface area contributed by atoms with Crippen molar-refractivity contribution in [2.24, 2.45) is 0 Å². The summed E-state index contributed by atoms with van der Waals surface area (Å²) in [4.78, 5) is 20.7. The SMILES string of the molecule is O=C(CO)[C@H](O)[C@@H](O)[C@H](O)CO.O=C(O)c1ccccc1. The number of carbonyl (C=O) groups excluding carboxylic acids is 1. The van der Waals surface area contributed by atoms with E-state index >= 15 is 0 Å². The zero-order chi connectivity index (χ0) is 16.4. The third-order valence-electron chi connectivity index (χ3n) is 2.41. The van der Waals surface area contributed by atoms with E-state index in [1.807, 2.05) is 0 Å². The molecule has 0 aliphatic carbocycles. The Balaban J connectivity index is 0.000000394. The molecule has 0 heterocycles. The van der Waals surface area contributed by atoms with Crippen LogP contribution in [0.15, 0.2) is 30.3 Å². The van der Waals surface area contributed by atoms with E-state index in [0.717, 1.165) is 0 Å². The lowest BCUT2D eigenvalue weighted by Gasteiger charge is -2.19. The number of benzene rings is 1. The van der Waals surface area contributed by atoms with E-state index in [-0.39, 0.29) is 0 Å². The topological polar surface area (TPSA) is 156 Å². The summed E-state index contributed by atoms with van der Waals surface area (Å²) in [6, 6.07) is 8.30. The number of aliphatic hydroxyl groups is 5. The van der Waals surface area contributed by atoms with E-state index < -0.39 is 43.3 Å². The largest absolute Gasteiger partial charge is 0.478 e. The van der Waals surface area contributed by atoms with E-state index in [4.69, 9.17) is 30.6 Å². The second kappa shape index (κ2) is 9.97. The van der Waals surface area contributed by atoms with Crippen molar-refractivity contribution in [3.8, 4) is 0 Å². The number of aromatic carboxylic acids is 1. The van der Waals surface area contributed by atoms with Crippen molar-refractivity contribution in [3.63, 3.8) is 0 Å². The minimum atomic E-state index is -1.86. The van der Waals surface area contributed by atoms with Crippen molar-refractivity contribution < 1.29 is 40.2 Å². The van der Waals surface area contributed by atoms with Crippen molar-refractivity contribution in [1.82, 2.24) is 0 Å². The molecule has 0 bridgehead atoms. The van der Waals surface area contributed by atoms with Crippen LogP contribution in [0.4, 0.5) is 0 Å². The Morgan fingerprint density at radius 2 is 1.52 bits per heavy atom. The fourth-order valence-corrected chi connectivity index (χ4v) is 1.18. The van der Waals surface area contributed by atoms with Gasteiger partial charge in [-0.2, -0.15) is 0 Å². The molecule has 1 rings (SSSR count). The van der Waals surface area contributed by atoms with Crippen LogP contribution in [-0.2, 0) is 4.79 Å². The minimum Gasteiger partial charge on any atom is -0.478 e. The number of carboxylic acid groups (broad SMARTS) is 1. The van der Waals surface area contributed by atoms with Crippen LogP contribution >= 0.6 is 0 Å². The number of hydrogen-bond acceptors (Lipinski definition) is 7. The molecule has 0 aliphatic rings. The molecule has 3 atom stereocenters. The van der Waals surface area contributed by atoms with E-state index in [0.29, 0.717) is 5.56 Å². The average Bonchev–Trinajstić information content (AvgIpc) is 2.53. The van der Waals surface area contributed by atoms with Crippen molar-refractivity contribution in [2.75, 3.05) is 13.2 Å². The molecule has 0 spiro atoms. The molecule has 1 aromatic carbocycles. The van der Waals surface area contributed by atoms with Crippen molar-refractivity contribution in [3.05, 3.63) is 35.9 Å². The van der Waals surface area contributed by atoms with E-state index in [1.54, 1.807) is 30.3 Å². The highest BCUT2D eigenvalue weighted by Crippen LogP contribution is 2.00. The summed E-state index contributed by atoms with van der Waals surface area (Å²) < 4.78 is 0. The third-order valence-corrected chi connectivity index (χ3v) is 2.41. The maximum atomic E-state index is 10.5. The highest BCUT2D eigenvalue weighted by atomic mass is 16.4. The molecule has 0 fully saturated rings. The zero-order valence-electron chi connectivity index (χ0n) is 11.0. The summed E-state index contributed by atoms with van der Waals surface area (Å²) >= 11 is 0. The highest BCUT2D eigenvalue weighted by Gasteiger charge is 2.28. The molecule has 0 radical (unpaired) electrons. The van der Waals surface area contributed by atoms with Crippen molar-refractivity contribution in [1.29, 1.82) is 0 Å². The highest BCUT2D eigenvalue weighted by molar-refractivity contribution is 5.87. The number of ketones is 1. The number of rotatable bonds is 6. The number of hydrogen-bond donors (Lipinski definition) is 6. The van der Waals surface area contributed by atoms with Crippen molar-refractivity contribution in [2.45, 2.75) is 18.3 Å². The first-order valence-corrected chi connectivity index (χ1v) is 5.92. The predicted octanol–water partition coefficient (Wildman–Crippen LogP) is -1.99. The molecular weight excluding hydrogens is 284 g/mol. The minimum absolute atomic E-state index is 0.331. The van der Waals surface area contributed by atoms with Crippen LogP contribution < -0.4 is 0 Å². The van der Waals surface area contributed by atoms with Crippen LogP contribution in [0.2, 0.25) is 0 Å². The predicted molar refractivity (Wildman–Crippen MR) is 70.6 cm³/mol. The van der Waals surface area contributed by atoms with Gasteiger partial charge in [-0.1, -0.05) is 18.2 Å². The Kier molecular flexibility index (Phi) is 9.10. The summed E-state index contributed by atoms with van der Waals surface area (Å²) in [6.45, 7) is -1.69. The molecule has 8 nitrogen and oxygen atoms in total. The summed E-state index contributed by atoms with van der Waals surface area (Å²) in [6.07, 6.45) is -5.22. The van der Waals surface area contributed by atoms with Crippen molar-refractivity contribution >= 4 is 11.8 Å². The maximum absolute atomic E-state index is 10.5. The molecule has 0 saturated heterocycles. The van der Waals surface area contributed by atoms with E-state index in [9.17, 15) is 9.59 Å². The molecule has 8 heteroatoms. The first kappa shape index (κ1) is 19.2. The molecule has 21 heavy (non-hydrogen) atoms. The van der Waals surface area contributed by atoms with Gasteiger partial charge in [-0.3, -0.25) is 4.79 Å². The van der Waals surface area contributed by atoms with Crippen LogP contribution in [0.3, 0.4) is 0 Å². The van der Waals surface area contributed by atoms with Gasteiger partial charge in [-0.25, -0.2) is 4.79 Å². The third kappa shape index (κ3) is 6.93.